The molecule has 1 aromatic carbocycles. The molecule has 2 atom stereocenters. The molecule has 2 unspecified atom stereocenters. The van der Waals surface area contributed by atoms with Gasteiger partial charge in [-0.15, -0.1) is 0 Å². The lowest BCUT2D eigenvalue weighted by atomic mass is 10.1. The van der Waals surface area contributed by atoms with Gasteiger partial charge in [-0.05, 0) is 18.2 Å². The number of rotatable bonds is 5. The van der Waals surface area contributed by atoms with Gasteiger partial charge in [0, 0.05) is 37.8 Å². The molecule has 3 heterocycles. The first-order valence-corrected chi connectivity index (χ1v) is 10.7. The monoisotopic (exact) mass is 482 g/mol. The summed E-state index contributed by atoms with van der Waals surface area (Å²) in [5, 5.41) is 29.5. The second-order valence-electron chi connectivity index (χ2n) is 7.82. The van der Waals surface area contributed by atoms with Gasteiger partial charge in [-0.3, -0.25) is 19.6 Å². The number of urea groups is 1. The Morgan fingerprint density at radius 2 is 2.24 bits per heavy atom. The van der Waals surface area contributed by atoms with Crippen molar-refractivity contribution < 1.29 is 29.0 Å². The molecular formula is C20H24ClFN6O5. The van der Waals surface area contributed by atoms with E-state index in [9.17, 15) is 19.1 Å². The van der Waals surface area contributed by atoms with Gasteiger partial charge in [-0.1, -0.05) is 11.6 Å². The fourth-order valence-electron chi connectivity index (χ4n) is 3.83. The molecule has 2 aliphatic rings. The van der Waals surface area contributed by atoms with E-state index in [4.69, 9.17) is 21.5 Å². The summed E-state index contributed by atoms with van der Waals surface area (Å²) in [5.74, 6) is -0.981. The maximum absolute atomic E-state index is 13.4. The molecule has 0 spiro atoms. The quantitative estimate of drug-likeness (QED) is 0.457. The second-order valence-corrected chi connectivity index (χ2v) is 8.23. The number of nitrogens with one attached hydrogen (secondary N) is 2. The van der Waals surface area contributed by atoms with Gasteiger partial charge in [-0.2, -0.15) is 5.10 Å². The van der Waals surface area contributed by atoms with E-state index in [2.05, 4.69) is 15.7 Å². The minimum absolute atomic E-state index is 0.0973. The normalized spacial score (nSPS) is 19.1. The molecule has 11 nitrogen and oxygen atoms in total. The number of nitrogens with zero attached hydrogens (tertiary/aromatic N) is 4. The fraction of sp³-hybridized carbons (Fsp3) is 0.450. The highest BCUT2D eigenvalue weighted by atomic mass is 35.5. The van der Waals surface area contributed by atoms with Crippen LogP contribution in [0.1, 0.15) is 21.7 Å². The molecule has 178 valence electrons. The van der Waals surface area contributed by atoms with Crippen molar-refractivity contribution in [1.29, 1.82) is 0 Å². The van der Waals surface area contributed by atoms with Gasteiger partial charge in [0.05, 0.1) is 30.4 Å². The van der Waals surface area contributed by atoms with E-state index in [1.54, 1.807) is 4.68 Å². The Hall–Kier alpha value is -2.77. The van der Waals surface area contributed by atoms with Crippen LogP contribution in [0.5, 0.6) is 0 Å². The first-order chi connectivity index (χ1) is 15.8. The minimum Gasteiger partial charge on any atom is -0.392 e. The molecule has 0 saturated carbocycles. The Balaban J connectivity index is 1.51. The van der Waals surface area contributed by atoms with Crippen LogP contribution in [0.4, 0.5) is 14.9 Å². The lowest BCUT2D eigenvalue weighted by Gasteiger charge is -2.27. The summed E-state index contributed by atoms with van der Waals surface area (Å²) in [6.07, 6.45) is -1.17. The molecule has 0 radical (unpaired) electrons. The molecule has 0 saturated heterocycles. The van der Waals surface area contributed by atoms with Crippen molar-refractivity contribution >= 4 is 29.2 Å². The van der Waals surface area contributed by atoms with Gasteiger partial charge in [0.25, 0.3) is 5.91 Å². The number of anilines is 1. The number of benzene rings is 1. The molecule has 2 aromatic rings. The Kier molecular flexibility index (Phi) is 6.81. The standard InChI is InChI=1S/C20H24ClFN6O5/c1-26-19(31)18-13-9-27(20(32)24-11-2-3-15(22)14(21)6-11)5-4-16(13)25-28(18)8-12(33-26)7-23-17(30)10-29/h2-3,6,12,17,23,29-30H,4-5,7-10H2,1H3,(H,24,32). The first-order valence-electron chi connectivity index (χ1n) is 10.3. The summed E-state index contributed by atoms with van der Waals surface area (Å²) >= 11 is 5.78. The van der Waals surface area contributed by atoms with Crippen LogP contribution in [0.2, 0.25) is 5.02 Å². The van der Waals surface area contributed by atoms with E-state index in [-0.39, 0.29) is 24.7 Å². The SMILES string of the molecule is CN1OC(CNC(O)CO)Cn2nc3c(c2C1=O)CN(C(=O)Nc1ccc(F)c(Cl)c1)CC3. The number of fused-ring (bicyclic) bond motifs is 3. The van der Waals surface area contributed by atoms with Crippen LogP contribution in [0, 0.1) is 5.82 Å². The number of aromatic nitrogens is 2. The van der Waals surface area contributed by atoms with Crippen molar-refractivity contribution in [2.75, 3.05) is 32.1 Å². The van der Waals surface area contributed by atoms with Crippen molar-refractivity contribution in [2.24, 2.45) is 0 Å². The number of carbonyl (C=O) groups excluding carboxylic acids is 2. The molecule has 1 aromatic heterocycles. The zero-order valence-corrected chi connectivity index (χ0v) is 18.5. The average molecular weight is 483 g/mol. The summed E-state index contributed by atoms with van der Waals surface area (Å²) < 4.78 is 14.9. The van der Waals surface area contributed by atoms with E-state index < -0.39 is 36.7 Å². The van der Waals surface area contributed by atoms with Crippen molar-refractivity contribution in [3.05, 3.63) is 46.0 Å². The summed E-state index contributed by atoms with van der Waals surface area (Å²) in [5.41, 5.74) is 2.05. The largest absolute Gasteiger partial charge is 0.392 e. The highest BCUT2D eigenvalue weighted by molar-refractivity contribution is 6.31. The molecule has 2 aliphatic heterocycles. The summed E-state index contributed by atoms with van der Waals surface area (Å²) in [6, 6.07) is 3.50. The second kappa shape index (κ2) is 9.61. The Bertz CT molecular complexity index is 1070. The summed E-state index contributed by atoms with van der Waals surface area (Å²) in [7, 11) is 1.48. The number of amides is 3. The lowest BCUT2D eigenvalue weighted by molar-refractivity contribution is -0.149. The molecule has 0 fully saturated rings. The van der Waals surface area contributed by atoms with Gasteiger partial charge >= 0.3 is 6.03 Å². The maximum Gasteiger partial charge on any atom is 0.322 e. The number of carbonyl (C=O) groups is 2. The third kappa shape index (κ3) is 4.94. The highest BCUT2D eigenvalue weighted by Gasteiger charge is 2.35. The number of aliphatic hydroxyl groups excluding tert-OH is 2. The molecule has 33 heavy (non-hydrogen) atoms. The van der Waals surface area contributed by atoms with Crippen molar-refractivity contribution in [3.8, 4) is 0 Å². The molecule has 4 rings (SSSR count). The molecule has 4 N–H and O–H groups in total. The van der Waals surface area contributed by atoms with Gasteiger partial charge < -0.3 is 20.4 Å². The van der Waals surface area contributed by atoms with Crippen molar-refractivity contribution in [2.45, 2.75) is 31.8 Å². The predicted molar refractivity (Wildman–Crippen MR) is 115 cm³/mol. The smallest absolute Gasteiger partial charge is 0.322 e. The Morgan fingerprint density at radius 1 is 1.45 bits per heavy atom. The molecule has 3 amide bonds. The molecule has 13 heteroatoms. The van der Waals surface area contributed by atoms with Crippen LogP contribution < -0.4 is 10.6 Å². The van der Waals surface area contributed by atoms with E-state index in [1.807, 2.05) is 0 Å². The van der Waals surface area contributed by atoms with Crippen LogP contribution in [0.15, 0.2) is 18.2 Å². The van der Waals surface area contributed by atoms with Gasteiger partial charge in [-0.25, -0.2) is 14.2 Å². The predicted octanol–water partition coefficient (Wildman–Crippen LogP) is 0.552. The number of hydrogen-bond acceptors (Lipinski definition) is 7. The van der Waals surface area contributed by atoms with E-state index in [1.165, 1.54) is 30.1 Å². The summed E-state index contributed by atoms with van der Waals surface area (Å²) in [4.78, 5) is 33.0. The lowest BCUT2D eigenvalue weighted by Crippen LogP contribution is -2.42. The van der Waals surface area contributed by atoms with Gasteiger partial charge in [0.15, 0.2) is 0 Å². The van der Waals surface area contributed by atoms with Crippen LogP contribution in [0.25, 0.3) is 0 Å². The van der Waals surface area contributed by atoms with Crippen molar-refractivity contribution in [3.63, 3.8) is 0 Å². The Labute approximate surface area is 193 Å². The number of hydrogen-bond donors (Lipinski definition) is 4. The van der Waals surface area contributed by atoms with Gasteiger partial charge in [0.1, 0.15) is 23.8 Å². The van der Waals surface area contributed by atoms with Gasteiger partial charge in [0.2, 0.25) is 0 Å². The highest BCUT2D eigenvalue weighted by Crippen LogP contribution is 2.27. The molecule has 0 bridgehead atoms. The Morgan fingerprint density at radius 3 is 2.97 bits per heavy atom. The maximum atomic E-state index is 13.4. The zero-order chi connectivity index (χ0) is 23.7. The van der Waals surface area contributed by atoms with Crippen molar-refractivity contribution in [1.82, 2.24) is 25.1 Å². The van der Waals surface area contributed by atoms with E-state index in [0.717, 1.165) is 10.8 Å². The third-order valence-corrected chi connectivity index (χ3v) is 5.78. The van der Waals surface area contributed by atoms with Crippen LogP contribution in [-0.4, -0.2) is 81.0 Å². The third-order valence-electron chi connectivity index (χ3n) is 5.49. The molecular weight excluding hydrogens is 459 g/mol. The number of hydroxylamine groups is 2. The average Bonchev–Trinajstić information content (AvgIpc) is 3.10. The zero-order valence-electron chi connectivity index (χ0n) is 17.8. The first kappa shape index (κ1) is 23.4. The summed E-state index contributed by atoms with van der Waals surface area (Å²) in [6.45, 7) is 0.516. The fourth-order valence-corrected chi connectivity index (χ4v) is 4.01. The topological polar surface area (TPSA) is 132 Å². The number of halogens is 2. The molecule has 0 aliphatic carbocycles. The van der Waals surface area contributed by atoms with Crippen LogP contribution >= 0.6 is 11.6 Å². The van der Waals surface area contributed by atoms with E-state index in [0.29, 0.717) is 29.9 Å². The minimum atomic E-state index is -1.11. The van der Waals surface area contributed by atoms with E-state index >= 15 is 0 Å². The van der Waals surface area contributed by atoms with Crippen LogP contribution in [-0.2, 0) is 24.3 Å². The van der Waals surface area contributed by atoms with Crippen LogP contribution in [0.3, 0.4) is 0 Å². The number of aliphatic hydroxyl groups is 2.